The van der Waals surface area contributed by atoms with Crippen LogP contribution in [-0.2, 0) is 26.4 Å². The van der Waals surface area contributed by atoms with E-state index in [0.717, 1.165) is 31.7 Å². The molecule has 2 saturated heterocycles. The van der Waals surface area contributed by atoms with Crippen molar-refractivity contribution in [2.45, 2.75) is 52.4 Å². The van der Waals surface area contributed by atoms with Crippen LogP contribution in [0.25, 0.3) is 0 Å². The Morgan fingerprint density at radius 2 is 1.75 bits per heavy atom. The standard InChI is InChI=1S/C18H28BFN2O5S/c1-13-15(19-26-17(2,3)18(4,5)27-19)10-14(11-16(13)25-28(20,23)24)12-22-8-6-21-7-9-22/h10-11,21H,6-9,12H2,1-5H3. The lowest BCUT2D eigenvalue weighted by atomic mass is 9.75. The highest BCUT2D eigenvalue weighted by Crippen LogP contribution is 2.37. The number of hydrogen-bond acceptors (Lipinski definition) is 7. The van der Waals surface area contributed by atoms with Gasteiger partial charge in [0.1, 0.15) is 5.75 Å². The van der Waals surface area contributed by atoms with Crippen molar-refractivity contribution in [3.8, 4) is 5.75 Å². The fourth-order valence-corrected chi connectivity index (χ4v) is 3.78. The average Bonchev–Trinajstić information content (AvgIpc) is 2.78. The molecule has 0 unspecified atom stereocenters. The maximum absolute atomic E-state index is 13.3. The molecule has 0 saturated carbocycles. The van der Waals surface area contributed by atoms with Crippen molar-refractivity contribution in [2.24, 2.45) is 0 Å². The molecule has 10 heteroatoms. The lowest BCUT2D eigenvalue weighted by Crippen LogP contribution is -2.43. The second-order valence-electron chi connectivity index (χ2n) is 8.40. The molecule has 2 heterocycles. The van der Waals surface area contributed by atoms with Gasteiger partial charge >= 0.3 is 17.6 Å². The summed E-state index contributed by atoms with van der Waals surface area (Å²) < 4.78 is 52.4. The van der Waals surface area contributed by atoms with Crippen molar-refractivity contribution in [3.05, 3.63) is 23.3 Å². The van der Waals surface area contributed by atoms with E-state index in [-0.39, 0.29) is 5.75 Å². The smallest absolute Gasteiger partial charge is 0.399 e. The van der Waals surface area contributed by atoms with E-state index in [1.807, 2.05) is 33.8 Å². The van der Waals surface area contributed by atoms with Gasteiger partial charge in [0.2, 0.25) is 0 Å². The zero-order chi connectivity index (χ0) is 20.7. The molecule has 0 amide bonds. The Balaban J connectivity index is 1.97. The van der Waals surface area contributed by atoms with Crippen molar-refractivity contribution in [3.63, 3.8) is 0 Å². The summed E-state index contributed by atoms with van der Waals surface area (Å²) in [7, 11) is -5.84. The van der Waals surface area contributed by atoms with Gasteiger partial charge in [-0.3, -0.25) is 4.90 Å². The van der Waals surface area contributed by atoms with Crippen LogP contribution in [0.3, 0.4) is 0 Å². The quantitative estimate of drug-likeness (QED) is 0.575. The van der Waals surface area contributed by atoms with Crippen LogP contribution in [0.2, 0.25) is 0 Å². The van der Waals surface area contributed by atoms with Crippen molar-refractivity contribution in [2.75, 3.05) is 26.2 Å². The molecule has 0 radical (unpaired) electrons. The Bertz CT molecular complexity index is 825. The molecular weight excluding hydrogens is 386 g/mol. The second-order valence-corrected chi connectivity index (χ2v) is 9.35. The minimum Gasteiger partial charge on any atom is -0.399 e. The molecule has 0 atom stereocenters. The predicted molar refractivity (Wildman–Crippen MR) is 106 cm³/mol. The van der Waals surface area contributed by atoms with Crippen LogP contribution in [0.1, 0.15) is 38.8 Å². The summed E-state index contributed by atoms with van der Waals surface area (Å²) >= 11 is 0. The van der Waals surface area contributed by atoms with Crippen molar-refractivity contribution >= 4 is 23.1 Å². The molecule has 1 aromatic rings. The maximum atomic E-state index is 13.3. The first-order chi connectivity index (χ1) is 12.9. The SMILES string of the molecule is Cc1c(OS(=O)(=O)F)cc(CN2CCNCC2)cc1B1OC(C)(C)C(C)(C)O1. The summed E-state index contributed by atoms with van der Waals surface area (Å²) in [6.07, 6.45) is 0. The highest BCUT2D eigenvalue weighted by molar-refractivity contribution is 7.81. The first kappa shape index (κ1) is 21.5. The molecule has 2 fully saturated rings. The van der Waals surface area contributed by atoms with E-state index >= 15 is 0 Å². The Morgan fingerprint density at radius 1 is 1.18 bits per heavy atom. The monoisotopic (exact) mass is 414 g/mol. The van der Waals surface area contributed by atoms with E-state index in [9.17, 15) is 12.3 Å². The van der Waals surface area contributed by atoms with Gasteiger partial charge in [0.05, 0.1) is 11.2 Å². The Morgan fingerprint density at radius 3 is 2.29 bits per heavy atom. The molecule has 0 aliphatic carbocycles. The van der Waals surface area contributed by atoms with Gasteiger partial charge in [0.25, 0.3) is 0 Å². The summed E-state index contributed by atoms with van der Waals surface area (Å²) in [5, 5.41) is 3.29. The molecule has 0 bridgehead atoms. The predicted octanol–water partition coefficient (Wildman–Crippen LogP) is 1.29. The first-order valence-electron chi connectivity index (χ1n) is 9.44. The van der Waals surface area contributed by atoms with Gasteiger partial charge in [0, 0.05) is 32.7 Å². The molecular formula is C18H28BFN2O5S. The third-order valence-electron chi connectivity index (χ3n) is 5.77. The van der Waals surface area contributed by atoms with Gasteiger partial charge in [-0.05, 0) is 57.3 Å². The Kier molecular flexibility index (Phi) is 5.81. The highest BCUT2D eigenvalue weighted by Gasteiger charge is 2.52. The van der Waals surface area contributed by atoms with Crippen LogP contribution in [0.4, 0.5) is 3.89 Å². The Hall–Kier alpha value is -1.20. The molecule has 2 aliphatic heterocycles. The average molecular weight is 414 g/mol. The largest absolute Gasteiger partial charge is 0.495 e. The number of rotatable bonds is 5. The zero-order valence-corrected chi connectivity index (χ0v) is 17.9. The van der Waals surface area contributed by atoms with Gasteiger partial charge < -0.3 is 18.8 Å². The third kappa shape index (κ3) is 4.68. The molecule has 2 aliphatic rings. The molecule has 0 aromatic heterocycles. The van der Waals surface area contributed by atoms with Crippen LogP contribution < -0.4 is 15.0 Å². The Labute approximate surface area is 167 Å². The normalized spacial score (nSPS) is 22.4. The number of benzene rings is 1. The third-order valence-corrected chi connectivity index (χ3v) is 6.15. The summed E-state index contributed by atoms with van der Waals surface area (Å²) in [6, 6.07) is 3.50. The summed E-state index contributed by atoms with van der Waals surface area (Å²) in [6.45, 7) is 13.6. The lowest BCUT2D eigenvalue weighted by Gasteiger charge is -2.32. The first-order valence-corrected chi connectivity index (χ1v) is 10.7. The zero-order valence-electron chi connectivity index (χ0n) is 17.0. The molecule has 156 valence electrons. The van der Waals surface area contributed by atoms with Gasteiger partial charge in [-0.2, -0.15) is 8.42 Å². The molecule has 7 nitrogen and oxygen atoms in total. The van der Waals surface area contributed by atoms with Crippen molar-refractivity contribution in [1.29, 1.82) is 0 Å². The number of halogens is 1. The van der Waals surface area contributed by atoms with Crippen LogP contribution in [0, 0.1) is 6.92 Å². The van der Waals surface area contributed by atoms with Crippen molar-refractivity contribution in [1.82, 2.24) is 10.2 Å². The summed E-state index contributed by atoms with van der Waals surface area (Å²) in [5.41, 5.74) is 0.835. The summed E-state index contributed by atoms with van der Waals surface area (Å²) in [4.78, 5) is 2.24. The number of hydrogen-bond donors (Lipinski definition) is 1. The molecule has 1 aromatic carbocycles. The fourth-order valence-electron chi connectivity index (χ4n) is 3.40. The topological polar surface area (TPSA) is 77.1 Å². The lowest BCUT2D eigenvalue weighted by molar-refractivity contribution is 0.00578. The van der Waals surface area contributed by atoms with Gasteiger partial charge in [-0.1, -0.05) is 9.95 Å². The van der Waals surface area contributed by atoms with Gasteiger partial charge in [-0.15, -0.1) is 0 Å². The second kappa shape index (κ2) is 7.57. The van der Waals surface area contributed by atoms with E-state index in [2.05, 4.69) is 14.4 Å². The van der Waals surface area contributed by atoms with Crippen molar-refractivity contribution < 1.29 is 25.8 Å². The van der Waals surface area contributed by atoms with E-state index < -0.39 is 28.8 Å². The maximum Gasteiger partial charge on any atom is 0.495 e. The molecule has 1 N–H and O–H groups in total. The molecule has 28 heavy (non-hydrogen) atoms. The van der Waals surface area contributed by atoms with Crippen LogP contribution in [0.5, 0.6) is 5.75 Å². The summed E-state index contributed by atoms with van der Waals surface area (Å²) in [5.74, 6) is -0.0418. The highest BCUT2D eigenvalue weighted by atomic mass is 32.3. The number of nitrogens with one attached hydrogen (secondary N) is 1. The van der Waals surface area contributed by atoms with Crippen LogP contribution in [-0.4, -0.2) is 57.8 Å². The van der Waals surface area contributed by atoms with E-state index in [1.165, 1.54) is 0 Å². The fraction of sp³-hybridized carbons (Fsp3) is 0.667. The van der Waals surface area contributed by atoms with Gasteiger partial charge in [-0.25, -0.2) is 0 Å². The number of piperazine rings is 1. The molecule has 0 spiro atoms. The molecule has 3 rings (SSSR count). The van der Waals surface area contributed by atoms with E-state index in [0.29, 0.717) is 17.6 Å². The van der Waals surface area contributed by atoms with E-state index in [4.69, 9.17) is 9.31 Å². The minimum absolute atomic E-state index is 0.0418. The van der Waals surface area contributed by atoms with E-state index in [1.54, 1.807) is 13.0 Å². The number of nitrogens with zero attached hydrogens (tertiary/aromatic N) is 1. The van der Waals surface area contributed by atoms with Gasteiger partial charge in [0.15, 0.2) is 0 Å². The van der Waals surface area contributed by atoms with Crippen LogP contribution in [0.15, 0.2) is 12.1 Å². The van der Waals surface area contributed by atoms with Crippen LogP contribution >= 0.6 is 0 Å². The minimum atomic E-state index is -5.14.